The van der Waals surface area contributed by atoms with Crippen molar-refractivity contribution in [3.05, 3.63) is 69.7 Å². The van der Waals surface area contributed by atoms with Crippen LogP contribution in [0.15, 0.2) is 42.5 Å². The first-order valence-corrected chi connectivity index (χ1v) is 11.2. The minimum atomic E-state index is 0. The van der Waals surface area contributed by atoms with E-state index in [2.05, 4.69) is 47.4 Å². The summed E-state index contributed by atoms with van der Waals surface area (Å²) < 4.78 is 0. The van der Waals surface area contributed by atoms with Gasteiger partial charge in [-0.1, -0.05) is 61.2 Å². The van der Waals surface area contributed by atoms with Crippen molar-refractivity contribution in [3.63, 3.8) is 0 Å². The summed E-state index contributed by atoms with van der Waals surface area (Å²) in [6.07, 6.45) is 8.51. The molecule has 3 atom stereocenters. The van der Waals surface area contributed by atoms with Crippen molar-refractivity contribution < 1.29 is 0 Å². The van der Waals surface area contributed by atoms with Crippen LogP contribution in [0.5, 0.6) is 0 Å². The maximum Gasteiger partial charge on any atom is 0.0409 e. The second-order valence-corrected chi connectivity index (χ2v) is 9.96. The minimum absolute atomic E-state index is 0. The van der Waals surface area contributed by atoms with E-state index in [-0.39, 0.29) is 12.4 Å². The van der Waals surface area contributed by atoms with Gasteiger partial charge < -0.3 is 4.90 Å². The highest BCUT2D eigenvalue weighted by Crippen LogP contribution is 2.63. The van der Waals surface area contributed by atoms with Crippen LogP contribution in [-0.2, 0) is 5.41 Å². The third kappa shape index (κ3) is 2.70. The fraction of sp³-hybridized carbons (Fsp3) is 0.520. The molecule has 1 saturated carbocycles. The number of benzene rings is 2. The van der Waals surface area contributed by atoms with Gasteiger partial charge in [-0.15, -0.1) is 12.4 Å². The van der Waals surface area contributed by atoms with Crippen LogP contribution in [0, 0.1) is 5.92 Å². The van der Waals surface area contributed by atoms with Gasteiger partial charge in [-0.25, -0.2) is 0 Å². The monoisotopic (exact) mass is 413 g/mol. The van der Waals surface area contributed by atoms with Gasteiger partial charge in [0.2, 0.25) is 0 Å². The van der Waals surface area contributed by atoms with Crippen molar-refractivity contribution in [2.24, 2.45) is 5.92 Å². The zero-order valence-corrected chi connectivity index (χ0v) is 17.9. The predicted molar refractivity (Wildman–Crippen MR) is 119 cm³/mol. The molecule has 0 radical (unpaired) electrons. The molecule has 4 aliphatic rings. The summed E-state index contributed by atoms with van der Waals surface area (Å²) in [7, 11) is 0. The van der Waals surface area contributed by atoms with Gasteiger partial charge in [0.1, 0.15) is 0 Å². The van der Waals surface area contributed by atoms with Crippen molar-refractivity contribution in [2.75, 3.05) is 19.6 Å². The van der Waals surface area contributed by atoms with E-state index in [4.69, 9.17) is 11.6 Å². The molecule has 0 aromatic heterocycles. The van der Waals surface area contributed by atoms with E-state index >= 15 is 0 Å². The van der Waals surface area contributed by atoms with Gasteiger partial charge in [0, 0.05) is 41.9 Å². The summed E-state index contributed by atoms with van der Waals surface area (Å²) >= 11 is 6.47. The van der Waals surface area contributed by atoms with Gasteiger partial charge in [0.05, 0.1) is 0 Å². The number of hydrogen-bond acceptors (Lipinski definition) is 1. The molecule has 2 bridgehead atoms. The molecular weight excluding hydrogens is 385 g/mol. The fourth-order valence-corrected chi connectivity index (χ4v) is 7.22. The Morgan fingerprint density at radius 1 is 0.964 bits per heavy atom. The molecule has 3 heteroatoms. The molecule has 148 valence electrons. The molecular formula is C25H29Cl2N. The zero-order chi connectivity index (χ0) is 18.0. The summed E-state index contributed by atoms with van der Waals surface area (Å²) in [6.45, 7) is 3.76. The molecule has 6 rings (SSSR count). The summed E-state index contributed by atoms with van der Waals surface area (Å²) in [5.41, 5.74) is 6.63. The van der Waals surface area contributed by atoms with E-state index in [0.29, 0.717) is 17.3 Å². The highest BCUT2D eigenvalue weighted by Gasteiger charge is 2.58. The van der Waals surface area contributed by atoms with E-state index in [9.17, 15) is 0 Å². The first kappa shape index (κ1) is 19.0. The Morgan fingerprint density at radius 2 is 1.79 bits per heavy atom. The van der Waals surface area contributed by atoms with Gasteiger partial charge >= 0.3 is 0 Å². The number of nitrogens with zero attached hydrogens (tertiary/aromatic N) is 1. The lowest BCUT2D eigenvalue weighted by molar-refractivity contribution is 0.222. The van der Waals surface area contributed by atoms with Crippen LogP contribution in [0.3, 0.4) is 0 Å². The molecule has 1 saturated heterocycles. The van der Waals surface area contributed by atoms with Crippen LogP contribution < -0.4 is 0 Å². The lowest BCUT2D eigenvalue weighted by Gasteiger charge is -2.37. The van der Waals surface area contributed by atoms with Crippen LogP contribution in [0.1, 0.15) is 72.6 Å². The lowest BCUT2D eigenvalue weighted by atomic mass is 9.65. The van der Waals surface area contributed by atoms with Crippen LogP contribution in [0.2, 0.25) is 5.02 Å². The highest BCUT2D eigenvalue weighted by atomic mass is 35.5. The SMILES string of the molecule is Cl.Clc1ccc2c(c1)C1CN(CC3CCCCC3)CC13CC2c1ccccc13. The van der Waals surface area contributed by atoms with E-state index in [1.54, 1.807) is 22.3 Å². The van der Waals surface area contributed by atoms with Crippen LogP contribution in [0.4, 0.5) is 0 Å². The van der Waals surface area contributed by atoms with Gasteiger partial charge in [-0.3, -0.25) is 0 Å². The number of halogens is 2. The Kier molecular flexibility index (Phi) is 4.77. The number of hydrogen-bond donors (Lipinski definition) is 0. The Bertz CT molecular complexity index is 888. The van der Waals surface area contributed by atoms with Gasteiger partial charge in [-0.2, -0.15) is 0 Å². The van der Waals surface area contributed by atoms with Gasteiger partial charge in [0.25, 0.3) is 0 Å². The third-order valence-corrected chi connectivity index (χ3v) is 8.33. The number of likely N-dealkylation sites (tertiary alicyclic amines) is 1. The average Bonchev–Trinajstić information content (AvgIpc) is 3.20. The fourth-order valence-electron chi connectivity index (χ4n) is 7.04. The zero-order valence-electron chi connectivity index (χ0n) is 16.4. The molecule has 1 heterocycles. The van der Waals surface area contributed by atoms with Crippen LogP contribution in [-0.4, -0.2) is 24.5 Å². The summed E-state index contributed by atoms with van der Waals surface area (Å²) in [6, 6.07) is 16.0. The molecule has 3 aliphatic carbocycles. The quantitative estimate of drug-likeness (QED) is 0.540. The topological polar surface area (TPSA) is 3.24 Å². The van der Waals surface area contributed by atoms with Crippen LogP contribution >= 0.6 is 24.0 Å². The summed E-state index contributed by atoms with van der Waals surface area (Å²) in [5.74, 6) is 2.09. The Labute approximate surface area is 179 Å². The second-order valence-electron chi connectivity index (χ2n) is 9.52. The second kappa shape index (κ2) is 7.04. The van der Waals surface area contributed by atoms with E-state index in [1.807, 2.05) is 0 Å². The maximum absolute atomic E-state index is 6.47. The number of fused-ring (bicyclic) bond motifs is 3. The molecule has 2 aromatic carbocycles. The maximum atomic E-state index is 6.47. The van der Waals surface area contributed by atoms with Crippen molar-refractivity contribution >= 4 is 24.0 Å². The molecule has 1 nitrogen and oxygen atoms in total. The average molecular weight is 414 g/mol. The number of rotatable bonds is 2. The molecule has 2 fully saturated rings. The third-order valence-electron chi connectivity index (χ3n) is 8.10. The summed E-state index contributed by atoms with van der Waals surface area (Å²) in [4.78, 5) is 2.82. The van der Waals surface area contributed by atoms with E-state index in [0.717, 1.165) is 10.9 Å². The van der Waals surface area contributed by atoms with Crippen molar-refractivity contribution in [3.8, 4) is 0 Å². The van der Waals surface area contributed by atoms with Crippen molar-refractivity contribution in [1.29, 1.82) is 0 Å². The van der Waals surface area contributed by atoms with Crippen LogP contribution in [0.25, 0.3) is 0 Å². The van der Waals surface area contributed by atoms with Crippen molar-refractivity contribution in [2.45, 2.75) is 55.8 Å². The highest BCUT2D eigenvalue weighted by molar-refractivity contribution is 6.30. The van der Waals surface area contributed by atoms with E-state index < -0.39 is 0 Å². The standard InChI is InChI=1S/C25H28ClN.ClH/c26-18-10-11-19-21(12-18)24-15-27(14-17-6-2-1-3-7-17)16-25(24)13-22(19)20-8-4-5-9-23(20)25;/h4-5,8-12,17,22,24H,1-3,6-7,13-16H2;1H. The lowest BCUT2D eigenvalue weighted by Crippen LogP contribution is -2.35. The van der Waals surface area contributed by atoms with Gasteiger partial charge in [-0.05, 0) is 59.6 Å². The van der Waals surface area contributed by atoms with Gasteiger partial charge in [0.15, 0.2) is 0 Å². The van der Waals surface area contributed by atoms with E-state index in [1.165, 1.54) is 58.2 Å². The molecule has 0 N–H and O–H groups in total. The largest absolute Gasteiger partial charge is 0.302 e. The molecule has 0 amide bonds. The predicted octanol–water partition coefficient (Wildman–Crippen LogP) is 6.53. The smallest absolute Gasteiger partial charge is 0.0409 e. The Hall–Kier alpha value is -1.02. The van der Waals surface area contributed by atoms with Crippen molar-refractivity contribution in [1.82, 2.24) is 4.90 Å². The molecule has 2 aromatic rings. The molecule has 28 heavy (non-hydrogen) atoms. The normalized spacial score (nSPS) is 31.0. The first-order valence-electron chi connectivity index (χ1n) is 10.9. The Morgan fingerprint density at radius 3 is 2.64 bits per heavy atom. The minimum Gasteiger partial charge on any atom is -0.302 e. The summed E-state index contributed by atoms with van der Waals surface area (Å²) in [5, 5.41) is 0.903. The molecule has 1 aliphatic heterocycles. The first-order chi connectivity index (χ1) is 13.2. The molecule has 1 spiro atoms. The Balaban J connectivity index is 0.00000171. The molecule has 3 unspecified atom stereocenters.